The highest BCUT2D eigenvalue weighted by atomic mass is 19.1. The lowest BCUT2D eigenvalue weighted by Gasteiger charge is -2.17. The van der Waals surface area contributed by atoms with Crippen molar-refractivity contribution in [1.82, 2.24) is 9.97 Å². The Morgan fingerprint density at radius 2 is 1.39 bits per heavy atom. The van der Waals surface area contributed by atoms with E-state index in [2.05, 4.69) is 23.8 Å². The van der Waals surface area contributed by atoms with E-state index in [0.29, 0.717) is 13.0 Å². The summed E-state index contributed by atoms with van der Waals surface area (Å²) >= 11 is 0. The van der Waals surface area contributed by atoms with Gasteiger partial charge in [0.05, 0.1) is 6.61 Å². The molecule has 4 heteroatoms. The van der Waals surface area contributed by atoms with Crippen LogP contribution in [0.3, 0.4) is 0 Å². The van der Waals surface area contributed by atoms with E-state index in [1.54, 1.807) is 0 Å². The molecule has 0 saturated heterocycles. The van der Waals surface area contributed by atoms with Gasteiger partial charge in [0, 0.05) is 24.4 Å². The molecule has 0 bridgehead atoms. The molecule has 3 nitrogen and oxygen atoms in total. The molecule has 2 unspecified atom stereocenters. The minimum absolute atomic E-state index is 0.105. The Hall–Kier alpha value is -1.97. The van der Waals surface area contributed by atoms with Crippen LogP contribution in [0, 0.1) is 5.92 Å². The van der Waals surface area contributed by atoms with E-state index in [4.69, 9.17) is 4.74 Å². The summed E-state index contributed by atoms with van der Waals surface area (Å²) in [5.74, 6) is 1.60. The minimum atomic E-state index is -0.797. The molecule has 0 aliphatic carbocycles. The lowest BCUT2D eigenvalue weighted by atomic mass is 9.97. The fraction of sp³-hybridized carbons (Fsp3) is 0.655. The van der Waals surface area contributed by atoms with Crippen molar-refractivity contribution in [3.63, 3.8) is 0 Å². The molecule has 0 aliphatic heterocycles. The van der Waals surface area contributed by atoms with Crippen molar-refractivity contribution in [1.29, 1.82) is 0 Å². The van der Waals surface area contributed by atoms with E-state index in [9.17, 15) is 4.39 Å². The monoisotopic (exact) mass is 456 g/mol. The van der Waals surface area contributed by atoms with E-state index in [-0.39, 0.29) is 5.92 Å². The van der Waals surface area contributed by atoms with Gasteiger partial charge in [-0.25, -0.2) is 14.4 Å². The van der Waals surface area contributed by atoms with Gasteiger partial charge < -0.3 is 4.74 Å². The molecule has 184 valence electrons. The maximum atomic E-state index is 14.3. The topological polar surface area (TPSA) is 35.0 Å². The number of aromatic nitrogens is 2. The number of halogens is 1. The molecule has 0 spiro atoms. The molecule has 2 rings (SSSR count). The van der Waals surface area contributed by atoms with E-state index in [1.807, 2.05) is 43.6 Å². The molecule has 0 fully saturated rings. The normalized spacial score (nSPS) is 13.1. The molecule has 0 radical (unpaired) electrons. The Labute approximate surface area is 201 Å². The van der Waals surface area contributed by atoms with Gasteiger partial charge in [-0.1, -0.05) is 78.6 Å². The van der Waals surface area contributed by atoms with E-state index in [1.165, 1.54) is 63.4 Å². The number of alkyl halides is 1. The van der Waals surface area contributed by atoms with Crippen LogP contribution in [0.1, 0.15) is 103 Å². The molecule has 1 heterocycles. The van der Waals surface area contributed by atoms with Gasteiger partial charge in [-0.2, -0.15) is 0 Å². The average Bonchev–Trinajstić information content (AvgIpc) is 2.84. The van der Waals surface area contributed by atoms with Crippen LogP contribution in [-0.2, 0) is 6.42 Å². The zero-order chi connectivity index (χ0) is 23.7. The van der Waals surface area contributed by atoms with Crippen LogP contribution < -0.4 is 4.74 Å². The first-order valence-electron chi connectivity index (χ1n) is 13.3. The lowest BCUT2D eigenvalue weighted by Crippen LogP contribution is -2.16. The first-order chi connectivity index (χ1) is 16.1. The molecule has 33 heavy (non-hydrogen) atoms. The van der Waals surface area contributed by atoms with Gasteiger partial charge >= 0.3 is 0 Å². The van der Waals surface area contributed by atoms with Gasteiger partial charge in [0.25, 0.3) is 0 Å². The first-order valence-corrected chi connectivity index (χ1v) is 13.3. The van der Waals surface area contributed by atoms with Crippen LogP contribution in [-0.4, -0.2) is 22.7 Å². The van der Waals surface area contributed by atoms with Gasteiger partial charge in [-0.05, 0) is 55.0 Å². The minimum Gasteiger partial charge on any atom is -0.493 e. The Morgan fingerprint density at radius 3 is 2.06 bits per heavy atom. The number of benzene rings is 1. The van der Waals surface area contributed by atoms with Crippen LogP contribution in [0.25, 0.3) is 11.4 Å². The molecular weight excluding hydrogens is 411 g/mol. The van der Waals surface area contributed by atoms with Crippen molar-refractivity contribution in [3.8, 4) is 17.1 Å². The Morgan fingerprint density at radius 1 is 0.788 bits per heavy atom. The number of hydrogen-bond donors (Lipinski definition) is 0. The summed E-state index contributed by atoms with van der Waals surface area (Å²) in [5, 5.41) is 0. The molecule has 0 amide bonds. The molecule has 0 aliphatic rings. The van der Waals surface area contributed by atoms with Crippen LogP contribution in [0.4, 0.5) is 4.39 Å². The average molecular weight is 457 g/mol. The molecular formula is C29H45FN2O. The third-order valence-electron chi connectivity index (χ3n) is 6.43. The third-order valence-corrected chi connectivity index (χ3v) is 6.43. The summed E-state index contributed by atoms with van der Waals surface area (Å²) in [4.78, 5) is 9.10. The fourth-order valence-electron chi connectivity index (χ4n) is 4.09. The molecule has 0 saturated carbocycles. The maximum Gasteiger partial charge on any atom is 0.159 e. The second-order valence-electron chi connectivity index (χ2n) is 9.44. The van der Waals surface area contributed by atoms with Crippen molar-refractivity contribution in [3.05, 3.63) is 42.2 Å². The van der Waals surface area contributed by atoms with Crippen molar-refractivity contribution in [2.75, 3.05) is 6.61 Å². The Bertz CT molecular complexity index is 732. The largest absolute Gasteiger partial charge is 0.493 e. The molecule has 2 atom stereocenters. The first kappa shape index (κ1) is 27.3. The zero-order valence-electron chi connectivity index (χ0n) is 21.2. The van der Waals surface area contributed by atoms with Gasteiger partial charge in [0.15, 0.2) is 5.82 Å². The number of unbranched alkanes of at least 4 members (excludes halogenated alkanes) is 8. The van der Waals surface area contributed by atoms with Crippen molar-refractivity contribution < 1.29 is 9.13 Å². The number of hydrogen-bond acceptors (Lipinski definition) is 3. The Kier molecular flexibility index (Phi) is 13.7. The third kappa shape index (κ3) is 11.1. The lowest BCUT2D eigenvalue weighted by molar-refractivity contribution is 0.177. The van der Waals surface area contributed by atoms with Crippen LogP contribution >= 0.6 is 0 Å². The van der Waals surface area contributed by atoms with Crippen LogP contribution in [0.2, 0.25) is 0 Å². The fourth-order valence-corrected chi connectivity index (χ4v) is 4.09. The molecule has 2 aromatic rings. The van der Waals surface area contributed by atoms with Crippen LogP contribution in [0.5, 0.6) is 5.75 Å². The quantitative estimate of drug-likeness (QED) is 0.210. The van der Waals surface area contributed by atoms with E-state index >= 15 is 0 Å². The van der Waals surface area contributed by atoms with Gasteiger partial charge in [-0.3, -0.25) is 0 Å². The summed E-state index contributed by atoms with van der Waals surface area (Å²) in [7, 11) is 0. The summed E-state index contributed by atoms with van der Waals surface area (Å²) in [6.07, 6.45) is 18.2. The number of ether oxygens (including phenoxy) is 1. The second kappa shape index (κ2) is 16.6. The molecule has 1 aromatic carbocycles. The molecule has 1 aromatic heterocycles. The second-order valence-corrected chi connectivity index (χ2v) is 9.44. The highest BCUT2D eigenvalue weighted by molar-refractivity contribution is 5.55. The van der Waals surface area contributed by atoms with Crippen LogP contribution in [0.15, 0.2) is 36.7 Å². The predicted octanol–water partition coefficient (Wildman–Crippen LogP) is 8.76. The summed E-state index contributed by atoms with van der Waals surface area (Å²) < 4.78 is 20.1. The van der Waals surface area contributed by atoms with E-state index < -0.39 is 6.17 Å². The predicted molar refractivity (Wildman–Crippen MR) is 137 cm³/mol. The standard InChI is InChI=1S/C29H45FN2O/c1-4-6-8-9-10-11-13-15-25-22-31-29(32-23-25)26-16-18-27(19-17-26)33-21-20-28(30)24(3)14-12-7-5-2/h16-19,22-24,28H,4-15,20-21H2,1-3H3. The smallest absolute Gasteiger partial charge is 0.159 e. The number of rotatable bonds is 18. The van der Waals surface area contributed by atoms with Crippen molar-refractivity contribution in [2.24, 2.45) is 5.92 Å². The summed E-state index contributed by atoms with van der Waals surface area (Å²) in [6.45, 7) is 6.85. The van der Waals surface area contributed by atoms with Gasteiger partial charge in [-0.15, -0.1) is 0 Å². The number of nitrogens with zero attached hydrogens (tertiary/aromatic N) is 2. The van der Waals surface area contributed by atoms with Gasteiger partial charge in [0.2, 0.25) is 0 Å². The summed E-state index contributed by atoms with van der Waals surface area (Å²) in [6, 6.07) is 7.79. The highest BCUT2D eigenvalue weighted by Crippen LogP contribution is 2.22. The summed E-state index contributed by atoms with van der Waals surface area (Å²) in [5.41, 5.74) is 2.18. The Balaban J connectivity index is 1.69. The highest BCUT2D eigenvalue weighted by Gasteiger charge is 2.16. The molecule has 0 N–H and O–H groups in total. The van der Waals surface area contributed by atoms with Crippen molar-refractivity contribution >= 4 is 0 Å². The maximum absolute atomic E-state index is 14.3. The van der Waals surface area contributed by atoms with Gasteiger partial charge in [0.1, 0.15) is 11.9 Å². The van der Waals surface area contributed by atoms with E-state index in [0.717, 1.165) is 36.4 Å². The SMILES string of the molecule is CCCCCCCCCc1cnc(-c2ccc(OCCC(F)C(C)CCCCC)cc2)nc1. The zero-order valence-corrected chi connectivity index (χ0v) is 21.2. The number of aryl methyl sites for hydroxylation is 1. The van der Waals surface area contributed by atoms with Crippen molar-refractivity contribution in [2.45, 2.75) is 110 Å².